The minimum absolute atomic E-state index is 0.233. The van der Waals surface area contributed by atoms with Gasteiger partial charge in [0, 0.05) is 35.4 Å². The zero-order valence-corrected chi connectivity index (χ0v) is 12.6. The lowest BCUT2D eigenvalue weighted by molar-refractivity contribution is 0.0683. The number of anilines is 1. The van der Waals surface area contributed by atoms with Crippen molar-refractivity contribution in [3.05, 3.63) is 28.8 Å². The van der Waals surface area contributed by atoms with E-state index in [1.165, 1.54) is 19.3 Å². The number of halogens is 1. The molecule has 0 aliphatic heterocycles. The third-order valence-corrected chi connectivity index (χ3v) is 4.53. The van der Waals surface area contributed by atoms with Crippen molar-refractivity contribution >= 4 is 23.6 Å². The number of carbonyl (C=O) groups is 1. The number of benzene rings is 1. The number of hydrogen-bond donors (Lipinski definition) is 0. The molecule has 0 heterocycles. The molecule has 0 aromatic heterocycles. The average Bonchev–Trinajstić information content (AvgIpc) is 2.33. The molecule has 19 heavy (non-hydrogen) atoms. The number of nitrogens with zero attached hydrogens (tertiary/aromatic N) is 2. The largest absolute Gasteiger partial charge is 0.372 e. The Labute approximate surface area is 120 Å². The van der Waals surface area contributed by atoms with Crippen molar-refractivity contribution in [1.82, 2.24) is 4.90 Å². The Balaban J connectivity index is 2.22. The number of aldehydes is 1. The fourth-order valence-electron chi connectivity index (χ4n) is 2.81. The van der Waals surface area contributed by atoms with Crippen LogP contribution in [0.3, 0.4) is 0 Å². The fraction of sp³-hybridized carbons (Fsp3) is 0.533. The molecule has 1 aliphatic rings. The van der Waals surface area contributed by atoms with Crippen molar-refractivity contribution < 1.29 is 4.79 Å². The quantitative estimate of drug-likeness (QED) is 0.775. The molecule has 104 valence electrons. The zero-order valence-electron chi connectivity index (χ0n) is 11.8. The van der Waals surface area contributed by atoms with Gasteiger partial charge in [0.25, 0.3) is 0 Å². The molecule has 0 spiro atoms. The summed E-state index contributed by atoms with van der Waals surface area (Å²) in [6, 6.07) is 5.41. The number of rotatable bonds is 5. The van der Waals surface area contributed by atoms with E-state index in [1.54, 1.807) is 12.1 Å². The second-order valence-electron chi connectivity index (χ2n) is 5.65. The van der Waals surface area contributed by atoms with Crippen LogP contribution in [-0.4, -0.2) is 44.4 Å². The van der Waals surface area contributed by atoms with E-state index in [1.807, 2.05) is 13.1 Å². The molecule has 2 rings (SSSR count). The van der Waals surface area contributed by atoms with Crippen molar-refractivity contribution in [3.8, 4) is 0 Å². The minimum Gasteiger partial charge on any atom is -0.372 e. The molecule has 0 bridgehead atoms. The Kier molecular flexibility index (Phi) is 4.16. The summed E-state index contributed by atoms with van der Waals surface area (Å²) in [4.78, 5) is 15.6. The standard InChI is InChI=1S/C15H21ClN2O/c1-17(2)15(7-4-8-15)11-18(3)14-9-13(16)6-5-12(14)10-19/h5-6,9-10H,4,7-8,11H2,1-3H3. The van der Waals surface area contributed by atoms with Gasteiger partial charge in [0.2, 0.25) is 0 Å². The van der Waals surface area contributed by atoms with Gasteiger partial charge in [-0.25, -0.2) is 0 Å². The van der Waals surface area contributed by atoms with Gasteiger partial charge in [-0.1, -0.05) is 11.6 Å². The Hall–Kier alpha value is -1.06. The van der Waals surface area contributed by atoms with Gasteiger partial charge in [0.05, 0.1) is 0 Å². The van der Waals surface area contributed by atoms with Gasteiger partial charge in [-0.3, -0.25) is 4.79 Å². The summed E-state index contributed by atoms with van der Waals surface area (Å²) in [6.45, 7) is 0.918. The summed E-state index contributed by atoms with van der Waals surface area (Å²) in [5.74, 6) is 0. The third kappa shape index (κ3) is 2.77. The summed E-state index contributed by atoms with van der Waals surface area (Å²) >= 11 is 6.05. The molecule has 0 amide bonds. The second-order valence-corrected chi connectivity index (χ2v) is 6.09. The molecular formula is C15H21ClN2O. The fourth-order valence-corrected chi connectivity index (χ4v) is 2.97. The monoisotopic (exact) mass is 280 g/mol. The maximum Gasteiger partial charge on any atom is 0.152 e. The summed E-state index contributed by atoms with van der Waals surface area (Å²) < 4.78 is 0. The predicted molar refractivity (Wildman–Crippen MR) is 80.4 cm³/mol. The van der Waals surface area contributed by atoms with E-state index >= 15 is 0 Å². The highest BCUT2D eigenvalue weighted by Gasteiger charge is 2.40. The van der Waals surface area contributed by atoms with Crippen LogP contribution in [0.2, 0.25) is 5.02 Å². The zero-order chi connectivity index (χ0) is 14.0. The molecule has 1 fully saturated rings. The minimum atomic E-state index is 0.233. The van der Waals surface area contributed by atoms with E-state index in [0.29, 0.717) is 10.6 Å². The summed E-state index contributed by atoms with van der Waals surface area (Å²) in [6.07, 6.45) is 4.59. The first-order valence-electron chi connectivity index (χ1n) is 6.62. The van der Waals surface area contributed by atoms with Gasteiger partial charge < -0.3 is 9.80 Å². The van der Waals surface area contributed by atoms with Gasteiger partial charge in [-0.05, 0) is 51.6 Å². The smallest absolute Gasteiger partial charge is 0.152 e. The Morgan fingerprint density at radius 1 is 1.32 bits per heavy atom. The van der Waals surface area contributed by atoms with Crippen molar-refractivity contribution in [2.45, 2.75) is 24.8 Å². The van der Waals surface area contributed by atoms with E-state index < -0.39 is 0 Å². The van der Waals surface area contributed by atoms with E-state index in [4.69, 9.17) is 11.6 Å². The molecule has 1 aliphatic carbocycles. The van der Waals surface area contributed by atoms with Crippen molar-refractivity contribution in [1.29, 1.82) is 0 Å². The molecule has 4 heteroatoms. The number of likely N-dealkylation sites (N-methyl/N-ethyl adjacent to an activating group) is 2. The van der Waals surface area contributed by atoms with Crippen molar-refractivity contribution in [3.63, 3.8) is 0 Å². The van der Waals surface area contributed by atoms with Crippen LogP contribution in [0, 0.1) is 0 Å². The third-order valence-electron chi connectivity index (χ3n) is 4.30. The Morgan fingerprint density at radius 3 is 2.47 bits per heavy atom. The molecule has 3 nitrogen and oxygen atoms in total. The summed E-state index contributed by atoms with van der Waals surface area (Å²) in [5.41, 5.74) is 1.84. The average molecular weight is 281 g/mol. The van der Waals surface area contributed by atoms with Crippen LogP contribution < -0.4 is 4.90 Å². The molecule has 1 saturated carbocycles. The number of carbonyl (C=O) groups excluding carboxylic acids is 1. The maximum atomic E-state index is 11.1. The molecule has 0 atom stereocenters. The number of hydrogen-bond acceptors (Lipinski definition) is 3. The highest BCUT2D eigenvalue weighted by molar-refractivity contribution is 6.31. The highest BCUT2D eigenvalue weighted by atomic mass is 35.5. The molecule has 0 unspecified atom stereocenters. The Morgan fingerprint density at radius 2 is 2.00 bits per heavy atom. The first-order valence-corrected chi connectivity index (χ1v) is 7.00. The van der Waals surface area contributed by atoms with Crippen LogP contribution in [-0.2, 0) is 0 Å². The SMILES string of the molecule is CN(CC1(N(C)C)CCC1)c1cc(Cl)ccc1C=O. The van der Waals surface area contributed by atoms with Crippen LogP contribution in [0.1, 0.15) is 29.6 Å². The van der Waals surface area contributed by atoms with Gasteiger partial charge in [-0.15, -0.1) is 0 Å². The van der Waals surface area contributed by atoms with Gasteiger partial charge in [0.1, 0.15) is 0 Å². The molecule has 1 aromatic rings. The van der Waals surface area contributed by atoms with Crippen LogP contribution >= 0.6 is 11.6 Å². The van der Waals surface area contributed by atoms with Crippen molar-refractivity contribution in [2.75, 3.05) is 32.6 Å². The molecule has 0 N–H and O–H groups in total. The Bertz CT molecular complexity index is 469. The highest BCUT2D eigenvalue weighted by Crippen LogP contribution is 2.38. The lowest BCUT2D eigenvalue weighted by Crippen LogP contribution is -2.56. The summed E-state index contributed by atoms with van der Waals surface area (Å²) in [5, 5.41) is 0.667. The molecule has 0 radical (unpaired) electrons. The normalized spacial score (nSPS) is 17.1. The lowest BCUT2D eigenvalue weighted by atomic mass is 9.75. The van der Waals surface area contributed by atoms with E-state index in [9.17, 15) is 4.79 Å². The van der Waals surface area contributed by atoms with E-state index in [2.05, 4.69) is 23.9 Å². The molecule has 1 aromatic carbocycles. The van der Waals surface area contributed by atoms with Crippen molar-refractivity contribution in [2.24, 2.45) is 0 Å². The van der Waals surface area contributed by atoms with Crippen LogP contribution in [0.5, 0.6) is 0 Å². The molecule has 0 saturated heterocycles. The van der Waals surface area contributed by atoms with Crippen LogP contribution in [0.25, 0.3) is 0 Å². The first kappa shape index (κ1) is 14.4. The van der Waals surface area contributed by atoms with Gasteiger partial charge in [0.15, 0.2) is 6.29 Å². The van der Waals surface area contributed by atoms with Crippen LogP contribution in [0.15, 0.2) is 18.2 Å². The second kappa shape index (κ2) is 5.51. The topological polar surface area (TPSA) is 23.6 Å². The van der Waals surface area contributed by atoms with Crippen LogP contribution in [0.4, 0.5) is 5.69 Å². The predicted octanol–water partition coefficient (Wildman–Crippen LogP) is 3.07. The van der Waals surface area contributed by atoms with Gasteiger partial charge in [-0.2, -0.15) is 0 Å². The van der Waals surface area contributed by atoms with E-state index in [0.717, 1.165) is 18.5 Å². The lowest BCUT2D eigenvalue weighted by Gasteiger charge is -2.49. The molecular weight excluding hydrogens is 260 g/mol. The van der Waals surface area contributed by atoms with Gasteiger partial charge >= 0.3 is 0 Å². The van der Waals surface area contributed by atoms with E-state index in [-0.39, 0.29) is 5.54 Å². The first-order chi connectivity index (χ1) is 8.98. The maximum absolute atomic E-state index is 11.1. The summed E-state index contributed by atoms with van der Waals surface area (Å²) in [7, 11) is 6.29.